The van der Waals surface area contributed by atoms with Gasteiger partial charge in [0.25, 0.3) is 0 Å². The molecule has 1 atom stereocenters. The molecule has 14 heavy (non-hydrogen) atoms. The minimum absolute atomic E-state index is 0.201. The highest BCUT2D eigenvalue weighted by Crippen LogP contribution is 2.13. The van der Waals surface area contributed by atoms with E-state index in [2.05, 4.69) is 10.2 Å². The summed E-state index contributed by atoms with van der Waals surface area (Å²) in [7, 11) is 1.61. The molecule has 2 rings (SSSR count). The Balaban J connectivity index is 2.51. The third-order valence-corrected chi connectivity index (χ3v) is 2.13. The van der Waals surface area contributed by atoms with E-state index in [4.69, 9.17) is 10.5 Å². The Labute approximate surface area is 81.5 Å². The van der Waals surface area contributed by atoms with Crippen molar-refractivity contribution in [3.8, 4) is 0 Å². The Kier molecular flexibility index (Phi) is 2.43. The summed E-state index contributed by atoms with van der Waals surface area (Å²) < 4.78 is 7.08. The second-order valence-electron chi connectivity index (χ2n) is 2.95. The van der Waals surface area contributed by atoms with Gasteiger partial charge in [0.15, 0.2) is 11.5 Å². The fourth-order valence-electron chi connectivity index (χ4n) is 1.39. The molecule has 74 valence electrons. The van der Waals surface area contributed by atoms with Crippen molar-refractivity contribution in [1.29, 1.82) is 0 Å². The van der Waals surface area contributed by atoms with Gasteiger partial charge in [0, 0.05) is 19.9 Å². The zero-order valence-electron chi connectivity index (χ0n) is 7.92. The maximum absolute atomic E-state index is 5.56. The molecule has 5 heteroatoms. The van der Waals surface area contributed by atoms with Crippen molar-refractivity contribution < 1.29 is 4.74 Å². The number of hydrogen-bond acceptors (Lipinski definition) is 4. The molecule has 0 aromatic carbocycles. The molecule has 0 saturated carbocycles. The Hall–Kier alpha value is -1.46. The zero-order chi connectivity index (χ0) is 9.97. The van der Waals surface area contributed by atoms with E-state index in [1.807, 2.05) is 28.8 Å². The number of nitrogens with zero attached hydrogens (tertiary/aromatic N) is 3. The minimum atomic E-state index is -0.201. The third kappa shape index (κ3) is 1.36. The highest BCUT2D eigenvalue weighted by atomic mass is 16.5. The molecule has 2 heterocycles. The van der Waals surface area contributed by atoms with Crippen LogP contribution < -0.4 is 5.73 Å². The van der Waals surface area contributed by atoms with Crippen molar-refractivity contribution in [2.45, 2.75) is 6.10 Å². The molecular formula is C9H12N4O. The van der Waals surface area contributed by atoms with Gasteiger partial charge in [-0.15, -0.1) is 10.2 Å². The summed E-state index contributed by atoms with van der Waals surface area (Å²) in [5.74, 6) is 0.741. The maximum Gasteiger partial charge on any atom is 0.167 e. The quantitative estimate of drug-likeness (QED) is 0.763. The first-order chi connectivity index (χ1) is 6.86. The molecule has 0 aliphatic rings. The number of nitrogens with two attached hydrogens (primary N) is 1. The van der Waals surface area contributed by atoms with E-state index in [1.165, 1.54) is 0 Å². The molecule has 0 spiro atoms. The SMILES string of the molecule is COC(CN)c1nnc2ccccn12. The van der Waals surface area contributed by atoms with Crippen LogP contribution in [-0.2, 0) is 4.74 Å². The van der Waals surface area contributed by atoms with Gasteiger partial charge in [0.2, 0.25) is 0 Å². The van der Waals surface area contributed by atoms with Crippen LogP contribution in [0.5, 0.6) is 0 Å². The second kappa shape index (κ2) is 3.73. The number of fused-ring (bicyclic) bond motifs is 1. The molecule has 2 aromatic rings. The van der Waals surface area contributed by atoms with Crippen LogP contribution in [0, 0.1) is 0 Å². The van der Waals surface area contributed by atoms with E-state index in [0.29, 0.717) is 6.54 Å². The lowest BCUT2D eigenvalue weighted by atomic mass is 10.3. The molecule has 0 aliphatic heterocycles. The van der Waals surface area contributed by atoms with Gasteiger partial charge in [-0.25, -0.2) is 0 Å². The fraction of sp³-hybridized carbons (Fsp3) is 0.333. The Morgan fingerprint density at radius 3 is 3.07 bits per heavy atom. The predicted octanol–water partition coefficient (Wildman–Crippen LogP) is 0.376. The van der Waals surface area contributed by atoms with Gasteiger partial charge < -0.3 is 10.5 Å². The van der Waals surface area contributed by atoms with Gasteiger partial charge in [-0.2, -0.15) is 0 Å². The van der Waals surface area contributed by atoms with Crippen LogP contribution in [-0.4, -0.2) is 28.3 Å². The summed E-state index contributed by atoms with van der Waals surface area (Å²) in [6.45, 7) is 0.395. The lowest BCUT2D eigenvalue weighted by Crippen LogP contribution is -2.16. The smallest absolute Gasteiger partial charge is 0.167 e. The second-order valence-corrected chi connectivity index (χ2v) is 2.95. The predicted molar refractivity (Wildman–Crippen MR) is 51.8 cm³/mol. The van der Waals surface area contributed by atoms with Crippen LogP contribution in [0.25, 0.3) is 5.65 Å². The van der Waals surface area contributed by atoms with Crippen LogP contribution in [0.4, 0.5) is 0 Å². The fourth-order valence-corrected chi connectivity index (χ4v) is 1.39. The molecule has 0 amide bonds. The standard InChI is InChI=1S/C9H12N4O/c1-14-7(6-10)9-12-11-8-4-2-3-5-13(8)9/h2-5,7H,6,10H2,1H3. The summed E-state index contributed by atoms with van der Waals surface area (Å²) in [5, 5.41) is 8.06. The molecule has 2 N–H and O–H groups in total. The Morgan fingerprint density at radius 1 is 1.50 bits per heavy atom. The van der Waals surface area contributed by atoms with Crippen LogP contribution in [0.1, 0.15) is 11.9 Å². The van der Waals surface area contributed by atoms with Crippen molar-refractivity contribution in [3.63, 3.8) is 0 Å². The van der Waals surface area contributed by atoms with Crippen molar-refractivity contribution in [2.75, 3.05) is 13.7 Å². The van der Waals surface area contributed by atoms with Crippen LogP contribution >= 0.6 is 0 Å². The van der Waals surface area contributed by atoms with Crippen molar-refractivity contribution in [1.82, 2.24) is 14.6 Å². The van der Waals surface area contributed by atoms with Gasteiger partial charge in [-0.1, -0.05) is 6.07 Å². The molecule has 0 bridgehead atoms. The first-order valence-electron chi connectivity index (χ1n) is 4.39. The van der Waals surface area contributed by atoms with E-state index >= 15 is 0 Å². The lowest BCUT2D eigenvalue weighted by Gasteiger charge is -2.09. The van der Waals surface area contributed by atoms with Crippen molar-refractivity contribution in [2.24, 2.45) is 5.73 Å². The highest BCUT2D eigenvalue weighted by molar-refractivity contribution is 5.37. The van der Waals surface area contributed by atoms with E-state index in [0.717, 1.165) is 11.5 Å². The van der Waals surface area contributed by atoms with E-state index in [1.54, 1.807) is 7.11 Å². The van der Waals surface area contributed by atoms with Gasteiger partial charge in [-0.3, -0.25) is 4.40 Å². The Morgan fingerprint density at radius 2 is 2.36 bits per heavy atom. The average Bonchev–Trinajstić information content (AvgIpc) is 2.65. The van der Waals surface area contributed by atoms with Crippen LogP contribution in [0.2, 0.25) is 0 Å². The minimum Gasteiger partial charge on any atom is -0.372 e. The number of ether oxygens (including phenoxy) is 1. The van der Waals surface area contributed by atoms with Crippen LogP contribution in [0.3, 0.4) is 0 Å². The molecule has 0 fully saturated rings. The molecule has 0 aliphatic carbocycles. The van der Waals surface area contributed by atoms with Gasteiger partial charge >= 0.3 is 0 Å². The summed E-state index contributed by atoms with van der Waals surface area (Å²) in [6.07, 6.45) is 1.69. The summed E-state index contributed by atoms with van der Waals surface area (Å²) >= 11 is 0. The van der Waals surface area contributed by atoms with Gasteiger partial charge in [0.1, 0.15) is 6.10 Å². The lowest BCUT2D eigenvalue weighted by molar-refractivity contribution is 0.102. The maximum atomic E-state index is 5.56. The number of methoxy groups -OCH3 is 1. The number of rotatable bonds is 3. The number of aromatic nitrogens is 3. The largest absolute Gasteiger partial charge is 0.372 e. The highest BCUT2D eigenvalue weighted by Gasteiger charge is 2.14. The van der Waals surface area contributed by atoms with Crippen LogP contribution in [0.15, 0.2) is 24.4 Å². The summed E-state index contributed by atoms with van der Waals surface area (Å²) in [5.41, 5.74) is 6.36. The molecule has 2 aromatic heterocycles. The normalized spacial score (nSPS) is 13.3. The monoisotopic (exact) mass is 192 g/mol. The molecule has 0 saturated heterocycles. The third-order valence-electron chi connectivity index (χ3n) is 2.13. The van der Waals surface area contributed by atoms with Gasteiger partial charge in [0.05, 0.1) is 0 Å². The van der Waals surface area contributed by atoms with E-state index < -0.39 is 0 Å². The summed E-state index contributed by atoms with van der Waals surface area (Å²) in [6, 6.07) is 5.72. The average molecular weight is 192 g/mol. The molecule has 1 unspecified atom stereocenters. The van der Waals surface area contributed by atoms with E-state index in [-0.39, 0.29) is 6.10 Å². The topological polar surface area (TPSA) is 65.4 Å². The molecule has 5 nitrogen and oxygen atoms in total. The van der Waals surface area contributed by atoms with Crippen molar-refractivity contribution in [3.05, 3.63) is 30.2 Å². The first-order valence-corrected chi connectivity index (χ1v) is 4.39. The number of hydrogen-bond donors (Lipinski definition) is 1. The van der Waals surface area contributed by atoms with Crippen molar-refractivity contribution >= 4 is 5.65 Å². The molecular weight excluding hydrogens is 180 g/mol. The number of pyridine rings is 1. The van der Waals surface area contributed by atoms with Gasteiger partial charge in [-0.05, 0) is 12.1 Å². The first kappa shape index (κ1) is 9.11. The Bertz CT molecular complexity index is 421. The van der Waals surface area contributed by atoms with E-state index in [9.17, 15) is 0 Å². The zero-order valence-corrected chi connectivity index (χ0v) is 7.92. The molecule has 0 radical (unpaired) electrons. The summed E-state index contributed by atoms with van der Waals surface area (Å²) in [4.78, 5) is 0.